The second-order valence-electron chi connectivity index (χ2n) is 7.65. The van der Waals surface area contributed by atoms with E-state index in [1.807, 2.05) is 0 Å². The lowest BCUT2D eigenvalue weighted by Gasteiger charge is -2.20. The number of nitrogens with one attached hydrogen (secondary N) is 2. The molecule has 7 heteroatoms. The van der Waals surface area contributed by atoms with E-state index in [1.165, 1.54) is 6.20 Å². The van der Waals surface area contributed by atoms with Crippen molar-refractivity contribution in [1.29, 1.82) is 0 Å². The molecule has 2 saturated carbocycles. The number of aromatic amines is 1. The number of nitrogens with two attached hydrogens (primary N) is 1. The number of anilines is 1. The summed E-state index contributed by atoms with van der Waals surface area (Å²) >= 11 is 5.98. The molecular formula is C20H23ClFN4O+. The Kier molecular flexibility index (Phi) is 4.86. The van der Waals surface area contributed by atoms with Crippen LogP contribution in [-0.2, 0) is 4.79 Å². The normalized spacial score (nSPS) is 17.8. The topological polar surface area (TPSA) is 82.2 Å². The molecule has 0 unspecified atom stereocenters. The molecule has 4 N–H and O–H groups in total. The summed E-state index contributed by atoms with van der Waals surface area (Å²) in [4.78, 5) is 19.3. The van der Waals surface area contributed by atoms with Crippen LogP contribution in [0, 0.1) is 30.6 Å². The third kappa shape index (κ3) is 3.96. The number of H-pyrrole nitrogens is 1. The SMILES string of the molecule is Cc1ncc(Cl)cc1-c1ccc(NC(=O)[C@@H](N)C(C2CC2)C2CC2)[nH+]c1F. The molecule has 0 aliphatic heterocycles. The highest BCUT2D eigenvalue weighted by molar-refractivity contribution is 6.30. The van der Waals surface area contributed by atoms with Gasteiger partial charge in [0.25, 0.3) is 11.8 Å². The quantitative estimate of drug-likeness (QED) is 0.743. The number of aryl methyl sites for hydroxylation is 1. The highest BCUT2D eigenvalue weighted by atomic mass is 35.5. The van der Waals surface area contributed by atoms with Crippen molar-refractivity contribution in [3.63, 3.8) is 0 Å². The summed E-state index contributed by atoms with van der Waals surface area (Å²) in [7, 11) is 0. The lowest BCUT2D eigenvalue weighted by molar-refractivity contribution is -0.404. The van der Waals surface area contributed by atoms with Gasteiger partial charge < -0.3 is 5.73 Å². The number of rotatable bonds is 6. The van der Waals surface area contributed by atoms with Crippen LogP contribution in [0.3, 0.4) is 0 Å². The second kappa shape index (κ2) is 7.17. The van der Waals surface area contributed by atoms with Crippen LogP contribution in [-0.4, -0.2) is 16.9 Å². The number of nitrogens with zero attached hydrogens (tertiary/aromatic N) is 1. The van der Waals surface area contributed by atoms with Crippen LogP contribution >= 0.6 is 11.6 Å². The molecule has 1 atom stereocenters. The summed E-state index contributed by atoms with van der Waals surface area (Å²) < 4.78 is 14.6. The number of pyridine rings is 2. The molecule has 0 aromatic carbocycles. The summed E-state index contributed by atoms with van der Waals surface area (Å²) in [5.41, 5.74) is 7.86. The van der Waals surface area contributed by atoms with E-state index in [2.05, 4.69) is 15.3 Å². The molecule has 1 amide bonds. The van der Waals surface area contributed by atoms with E-state index in [0.29, 0.717) is 33.7 Å². The number of carbonyl (C=O) groups excluding carboxylic acids is 1. The first-order chi connectivity index (χ1) is 12.9. The van der Waals surface area contributed by atoms with Crippen molar-refractivity contribution in [2.45, 2.75) is 38.6 Å². The Morgan fingerprint density at radius 3 is 2.56 bits per heavy atom. The van der Waals surface area contributed by atoms with Gasteiger partial charge in [-0.1, -0.05) is 11.6 Å². The van der Waals surface area contributed by atoms with Crippen molar-refractivity contribution in [2.75, 3.05) is 5.32 Å². The molecule has 2 aliphatic rings. The Balaban J connectivity index is 1.50. The van der Waals surface area contributed by atoms with Gasteiger partial charge in [-0.05, 0) is 62.5 Å². The van der Waals surface area contributed by atoms with Crippen LogP contribution < -0.4 is 16.0 Å². The van der Waals surface area contributed by atoms with E-state index in [0.717, 1.165) is 25.7 Å². The molecule has 4 rings (SSSR count). The minimum Gasteiger partial charge on any atom is -0.318 e. The van der Waals surface area contributed by atoms with Crippen LogP contribution in [0.25, 0.3) is 11.1 Å². The van der Waals surface area contributed by atoms with Crippen molar-refractivity contribution in [2.24, 2.45) is 23.5 Å². The lowest BCUT2D eigenvalue weighted by atomic mass is 9.89. The second-order valence-corrected chi connectivity index (χ2v) is 8.09. The monoisotopic (exact) mass is 389 g/mol. The van der Waals surface area contributed by atoms with E-state index < -0.39 is 12.0 Å². The molecular weight excluding hydrogens is 367 g/mol. The predicted octanol–water partition coefficient (Wildman–Crippen LogP) is 3.37. The first-order valence-electron chi connectivity index (χ1n) is 9.35. The molecule has 5 nitrogen and oxygen atoms in total. The zero-order valence-corrected chi connectivity index (χ0v) is 15.9. The maximum atomic E-state index is 14.6. The highest BCUT2D eigenvalue weighted by Gasteiger charge is 2.47. The van der Waals surface area contributed by atoms with Gasteiger partial charge in [-0.3, -0.25) is 4.98 Å². The van der Waals surface area contributed by atoms with Crippen molar-refractivity contribution >= 4 is 23.3 Å². The lowest BCUT2D eigenvalue weighted by Crippen LogP contribution is -2.44. The van der Waals surface area contributed by atoms with Gasteiger partial charge >= 0.3 is 5.91 Å². The Labute approximate surface area is 162 Å². The molecule has 2 aliphatic carbocycles. The van der Waals surface area contributed by atoms with Gasteiger partial charge in [0.15, 0.2) is 0 Å². The molecule has 2 aromatic heterocycles. The molecule has 2 aromatic rings. The van der Waals surface area contributed by atoms with Crippen molar-refractivity contribution in [1.82, 2.24) is 4.98 Å². The van der Waals surface area contributed by atoms with Crippen molar-refractivity contribution in [3.8, 4) is 11.1 Å². The van der Waals surface area contributed by atoms with Crippen molar-refractivity contribution in [3.05, 3.63) is 41.1 Å². The van der Waals surface area contributed by atoms with Crippen LogP contribution in [0.4, 0.5) is 10.2 Å². The number of amides is 1. The maximum Gasteiger partial charge on any atom is 0.324 e. The van der Waals surface area contributed by atoms with Gasteiger partial charge in [0.1, 0.15) is 6.04 Å². The molecule has 0 saturated heterocycles. The van der Waals surface area contributed by atoms with Crippen LogP contribution in [0.15, 0.2) is 24.4 Å². The average Bonchev–Trinajstić information content (AvgIpc) is 3.52. The summed E-state index contributed by atoms with van der Waals surface area (Å²) in [5, 5.41) is 3.17. The minimum atomic E-state index is -0.561. The van der Waals surface area contributed by atoms with Gasteiger partial charge in [0.05, 0.1) is 10.6 Å². The molecule has 0 spiro atoms. The number of carbonyl (C=O) groups is 1. The average molecular weight is 390 g/mol. The van der Waals surface area contributed by atoms with Gasteiger partial charge in [-0.15, -0.1) is 0 Å². The van der Waals surface area contributed by atoms with E-state index in [-0.39, 0.29) is 17.6 Å². The van der Waals surface area contributed by atoms with Gasteiger partial charge in [-0.25, -0.2) is 15.1 Å². The minimum absolute atomic E-state index is 0.245. The first-order valence-corrected chi connectivity index (χ1v) is 9.72. The first kappa shape index (κ1) is 18.3. The van der Waals surface area contributed by atoms with Gasteiger partial charge in [0.2, 0.25) is 0 Å². The fourth-order valence-electron chi connectivity index (χ4n) is 3.85. The Hall–Kier alpha value is -2.05. The van der Waals surface area contributed by atoms with E-state index in [1.54, 1.807) is 25.1 Å². The van der Waals surface area contributed by atoms with Crippen LogP contribution in [0.5, 0.6) is 0 Å². The zero-order chi connectivity index (χ0) is 19.1. The third-order valence-electron chi connectivity index (χ3n) is 5.55. The van der Waals surface area contributed by atoms with Crippen LogP contribution in [0.2, 0.25) is 5.02 Å². The number of hydrogen-bond acceptors (Lipinski definition) is 3. The zero-order valence-electron chi connectivity index (χ0n) is 15.1. The number of hydrogen-bond donors (Lipinski definition) is 2. The van der Waals surface area contributed by atoms with E-state index >= 15 is 0 Å². The standard InChI is InChI=1S/C20H22ClFN4O/c1-10-15(8-13(21)9-24-10)14-6-7-16(25-19(14)22)26-20(27)18(23)17(11-2-3-11)12-4-5-12/h6-9,11-12,17-18H,2-5,23H2,1H3,(H,25,26,27)/p+1/t18-/m0/s1. The number of halogens is 2. The summed E-state index contributed by atoms with van der Waals surface area (Å²) in [6, 6.07) is 4.35. The molecule has 0 bridgehead atoms. The Morgan fingerprint density at radius 2 is 1.96 bits per heavy atom. The molecule has 0 radical (unpaired) electrons. The molecule has 142 valence electrons. The largest absolute Gasteiger partial charge is 0.324 e. The summed E-state index contributed by atoms with van der Waals surface area (Å²) in [6.07, 6.45) is 6.15. The highest BCUT2D eigenvalue weighted by Crippen LogP contribution is 2.50. The Bertz CT molecular complexity index is 870. The van der Waals surface area contributed by atoms with Gasteiger partial charge in [0, 0.05) is 23.5 Å². The fourth-order valence-corrected chi connectivity index (χ4v) is 4.01. The predicted molar refractivity (Wildman–Crippen MR) is 101 cm³/mol. The summed E-state index contributed by atoms with van der Waals surface area (Å²) in [6.45, 7) is 1.79. The molecule has 27 heavy (non-hydrogen) atoms. The summed E-state index contributed by atoms with van der Waals surface area (Å²) in [5.74, 6) is 0.848. The number of aromatic nitrogens is 2. The molecule has 2 heterocycles. The third-order valence-corrected chi connectivity index (χ3v) is 5.76. The van der Waals surface area contributed by atoms with E-state index in [9.17, 15) is 9.18 Å². The van der Waals surface area contributed by atoms with Crippen LogP contribution in [0.1, 0.15) is 31.4 Å². The van der Waals surface area contributed by atoms with E-state index in [4.69, 9.17) is 17.3 Å². The smallest absolute Gasteiger partial charge is 0.318 e. The fraction of sp³-hybridized carbons (Fsp3) is 0.450. The van der Waals surface area contributed by atoms with Gasteiger partial charge in [-0.2, -0.15) is 4.39 Å². The Morgan fingerprint density at radius 1 is 1.30 bits per heavy atom. The molecule has 2 fully saturated rings. The maximum absolute atomic E-state index is 14.6. The van der Waals surface area contributed by atoms with Crippen molar-refractivity contribution < 1.29 is 14.2 Å².